The van der Waals surface area contributed by atoms with Crippen molar-refractivity contribution in [3.8, 4) is 0 Å². The van der Waals surface area contributed by atoms with Crippen LogP contribution < -0.4 is 21.7 Å². The molecule has 1 aromatic carbocycles. The summed E-state index contributed by atoms with van der Waals surface area (Å²) in [5, 5.41) is 0. The van der Waals surface area contributed by atoms with Crippen molar-refractivity contribution in [1.29, 1.82) is 0 Å². The van der Waals surface area contributed by atoms with Crippen molar-refractivity contribution in [2.24, 2.45) is 0 Å². The summed E-state index contributed by atoms with van der Waals surface area (Å²) in [6.07, 6.45) is 7.08. The Balaban J connectivity index is 0.00000161. The topological polar surface area (TPSA) is 25.9 Å². The third-order valence-electron chi connectivity index (χ3n) is 4.07. The number of aromatic nitrogens is 2. The largest absolute Gasteiger partial charge is 1.00 e. The summed E-state index contributed by atoms with van der Waals surface area (Å²) in [5.41, 5.74) is 3.60. The molecule has 1 saturated carbocycles. The van der Waals surface area contributed by atoms with Gasteiger partial charge in [0.05, 0.1) is 12.2 Å². The van der Waals surface area contributed by atoms with Crippen LogP contribution in [0.3, 0.4) is 0 Å². The highest BCUT2D eigenvalue weighted by molar-refractivity contribution is 5.80. The molecule has 0 N–H and O–H groups in total. The average molecular weight is 349 g/mol. The van der Waals surface area contributed by atoms with E-state index < -0.39 is 0 Å². The summed E-state index contributed by atoms with van der Waals surface area (Å²) >= 11 is 0. The summed E-state index contributed by atoms with van der Waals surface area (Å²) < 4.78 is 4.25. The zero-order valence-corrected chi connectivity index (χ0v) is 14.1. The molecule has 1 fully saturated rings. The van der Waals surface area contributed by atoms with Gasteiger partial charge in [0.1, 0.15) is 0 Å². The van der Waals surface area contributed by atoms with Gasteiger partial charge in [0.15, 0.2) is 6.20 Å². The van der Waals surface area contributed by atoms with Crippen LogP contribution in [-0.4, -0.2) is 10.5 Å². The fourth-order valence-corrected chi connectivity index (χ4v) is 2.76. The number of aryl methyl sites for hydroxylation is 2. The quantitative estimate of drug-likeness (QED) is 0.671. The van der Waals surface area contributed by atoms with E-state index in [1.54, 1.807) is 0 Å². The lowest BCUT2D eigenvalue weighted by molar-refractivity contribution is -0.764. The standard InChI is InChI=1S/C17H21N2O.BrH/c1-13-5-3-6-14(2)17(13)11-16(20)12-18-9-4-10-19(18)15-7-8-15;/h3-6,9-10,15H,7-8,11-12H2,1-2H3;1H/q+1;/p-1. The van der Waals surface area contributed by atoms with Crippen molar-refractivity contribution < 1.29 is 26.5 Å². The molecule has 0 atom stereocenters. The Morgan fingerprint density at radius 3 is 2.52 bits per heavy atom. The van der Waals surface area contributed by atoms with Crippen LogP contribution in [0, 0.1) is 13.8 Å². The molecule has 112 valence electrons. The zero-order valence-electron chi connectivity index (χ0n) is 12.6. The van der Waals surface area contributed by atoms with Gasteiger partial charge in [-0.1, -0.05) is 18.2 Å². The van der Waals surface area contributed by atoms with Crippen LogP contribution in [0.2, 0.25) is 0 Å². The van der Waals surface area contributed by atoms with Gasteiger partial charge in [0.2, 0.25) is 12.3 Å². The van der Waals surface area contributed by atoms with E-state index in [1.165, 1.54) is 29.5 Å². The highest BCUT2D eigenvalue weighted by Gasteiger charge is 2.30. The molecule has 0 saturated heterocycles. The second-order valence-electron chi connectivity index (χ2n) is 5.79. The molecule has 1 aliphatic carbocycles. The van der Waals surface area contributed by atoms with Crippen LogP contribution in [0.5, 0.6) is 0 Å². The Kier molecular flexibility index (Phi) is 4.99. The molecule has 0 unspecified atom stereocenters. The van der Waals surface area contributed by atoms with Crippen LogP contribution in [0.4, 0.5) is 0 Å². The molecule has 3 rings (SSSR count). The lowest BCUT2D eigenvalue weighted by Crippen LogP contribution is -3.00. The summed E-state index contributed by atoms with van der Waals surface area (Å²) in [6, 6.07) is 8.83. The number of carbonyl (C=O) groups excluding carboxylic acids is 1. The van der Waals surface area contributed by atoms with Gasteiger partial charge in [-0.3, -0.25) is 4.79 Å². The van der Waals surface area contributed by atoms with E-state index in [9.17, 15) is 4.79 Å². The Labute approximate surface area is 136 Å². The van der Waals surface area contributed by atoms with Crippen LogP contribution in [0.15, 0.2) is 36.7 Å². The lowest BCUT2D eigenvalue weighted by atomic mass is 9.98. The van der Waals surface area contributed by atoms with Gasteiger partial charge in [-0.15, -0.1) is 4.68 Å². The van der Waals surface area contributed by atoms with E-state index in [-0.39, 0.29) is 22.8 Å². The predicted molar refractivity (Wildman–Crippen MR) is 77.5 cm³/mol. The van der Waals surface area contributed by atoms with E-state index in [2.05, 4.69) is 36.9 Å². The van der Waals surface area contributed by atoms with Gasteiger partial charge in [-0.2, -0.15) is 4.68 Å². The van der Waals surface area contributed by atoms with E-state index in [0.717, 1.165) is 0 Å². The number of Topliss-reactive ketones (excluding diaryl/α,β-unsaturated/α-hetero) is 1. The van der Waals surface area contributed by atoms with Crippen LogP contribution in [0.1, 0.15) is 35.6 Å². The van der Waals surface area contributed by atoms with Gasteiger partial charge in [0, 0.05) is 12.5 Å². The molecule has 1 aromatic heterocycles. The molecular weight excluding hydrogens is 328 g/mol. The highest BCUT2D eigenvalue weighted by atomic mass is 79.9. The number of nitrogens with zero attached hydrogens (tertiary/aromatic N) is 2. The molecule has 0 aliphatic heterocycles. The van der Waals surface area contributed by atoms with Gasteiger partial charge in [-0.25, -0.2) is 0 Å². The van der Waals surface area contributed by atoms with Gasteiger partial charge in [0.25, 0.3) is 0 Å². The third-order valence-corrected chi connectivity index (χ3v) is 4.07. The minimum absolute atomic E-state index is 0. The molecule has 21 heavy (non-hydrogen) atoms. The van der Waals surface area contributed by atoms with Crippen molar-refractivity contribution in [1.82, 2.24) is 4.68 Å². The lowest BCUT2D eigenvalue weighted by Gasteiger charge is -2.08. The van der Waals surface area contributed by atoms with Crippen LogP contribution in [-0.2, 0) is 17.8 Å². The maximum atomic E-state index is 12.3. The number of hydrogen-bond acceptors (Lipinski definition) is 1. The molecule has 1 heterocycles. The fourth-order valence-electron chi connectivity index (χ4n) is 2.76. The van der Waals surface area contributed by atoms with Crippen molar-refractivity contribution in [3.05, 3.63) is 53.3 Å². The maximum absolute atomic E-state index is 12.3. The molecule has 1 aliphatic rings. The third kappa shape index (κ3) is 3.62. The predicted octanol–water partition coefficient (Wildman–Crippen LogP) is -0.457. The second kappa shape index (κ2) is 6.56. The molecule has 0 radical (unpaired) electrons. The van der Waals surface area contributed by atoms with Crippen molar-refractivity contribution in [3.63, 3.8) is 0 Å². The SMILES string of the molecule is Cc1cccc(C)c1CC(=O)C[n+]1cccn1C1CC1.[Br-]. The van der Waals surface area contributed by atoms with Crippen LogP contribution in [0.25, 0.3) is 0 Å². The number of halogens is 1. The van der Waals surface area contributed by atoms with Gasteiger partial charge >= 0.3 is 0 Å². The minimum atomic E-state index is 0. The first-order valence-electron chi connectivity index (χ1n) is 7.28. The average Bonchev–Trinajstić information content (AvgIpc) is 3.15. The molecule has 0 amide bonds. The molecule has 4 heteroatoms. The molecule has 2 aromatic rings. The molecule has 0 spiro atoms. The molecule has 3 nitrogen and oxygen atoms in total. The van der Waals surface area contributed by atoms with Crippen molar-refractivity contribution in [2.45, 2.75) is 45.7 Å². The Hall–Kier alpha value is -1.42. The van der Waals surface area contributed by atoms with Gasteiger partial charge in [-0.05, 0) is 43.4 Å². The smallest absolute Gasteiger partial charge is 0.230 e. The second-order valence-corrected chi connectivity index (χ2v) is 5.79. The summed E-state index contributed by atoms with van der Waals surface area (Å²) in [4.78, 5) is 12.3. The fraction of sp³-hybridized carbons (Fsp3) is 0.412. The zero-order chi connectivity index (χ0) is 14.1. The number of ketones is 1. The first-order valence-corrected chi connectivity index (χ1v) is 7.28. The first kappa shape index (κ1) is 16.0. The number of carbonyl (C=O) groups is 1. The molecular formula is C17H21BrN2O. The van der Waals surface area contributed by atoms with E-state index in [1.807, 2.05) is 23.0 Å². The minimum Gasteiger partial charge on any atom is -1.00 e. The monoisotopic (exact) mass is 348 g/mol. The highest BCUT2D eigenvalue weighted by Crippen LogP contribution is 2.33. The summed E-state index contributed by atoms with van der Waals surface area (Å²) in [7, 11) is 0. The maximum Gasteiger partial charge on any atom is 0.230 e. The number of rotatable bonds is 5. The number of hydrogen-bond donors (Lipinski definition) is 0. The van der Waals surface area contributed by atoms with Crippen LogP contribution >= 0.6 is 0 Å². The van der Waals surface area contributed by atoms with E-state index >= 15 is 0 Å². The summed E-state index contributed by atoms with van der Waals surface area (Å²) in [6.45, 7) is 4.63. The normalized spacial score (nSPS) is 13.8. The van der Waals surface area contributed by atoms with Gasteiger partial charge < -0.3 is 17.0 Å². The Morgan fingerprint density at radius 1 is 1.24 bits per heavy atom. The molecule has 0 bridgehead atoms. The van der Waals surface area contributed by atoms with Crippen molar-refractivity contribution >= 4 is 5.78 Å². The summed E-state index contributed by atoms with van der Waals surface area (Å²) in [5.74, 6) is 0.271. The van der Waals surface area contributed by atoms with E-state index in [0.29, 0.717) is 19.0 Å². The van der Waals surface area contributed by atoms with Crippen molar-refractivity contribution in [2.75, 3.05) is 0 Å². The number of benzene rings is 1. The Bertz CT molecular complexity index is 624. The Morgan fingerprint density at radius 2 is 1.90 bits per heavy atom. The first-order chi connectivity index (χ1) is 9.65. The van der Waals surface area contributed by atoms with E-state index in [4.69, 9.17) is 0 Å².